The molecule has 1 rings (SSSR count). The lowest BCUT2D eigenvalue weighted by Crippen LogP contribution is -2.61. The van der Waals surface area contributed by atoms with E-state index in [-0.39, 0.29) is 12.8 Å². The number of carboxylic acid groups (broad SMARTS) is 1. The van der Waals surface area contributed by atoms with E-state index in [1.54, 1.807) is 0 Å². The highest BCUT2D eigenvalue weighted by Gasteiger charge is 2.34. The molecule has 1 aromatic rings. The van der Waals surface area contributed by atoms with Crippen molar-refractivity contribution in [2.45, 2.75) is 63.1 Å². The van der Waals surface area contributed by atoms with Gasteiger partial charge in [-0.15, -0.1) is 0 Å². The summed E-state index contributed by atoms with van der Waals surface area (Å²) in [6.07, 6.45) is 2.36. The second kappa shape index (κ2) is 13.8. The number of imidazole rings is 1. The van der Waals surface area contributed by atoms with E-state index < -0.39 is 60.1 Å². The number of rotatable bonds is 14. The lowest BCUT2D eigenvalue weighted by atomic mass is 10.1. The van der Waals surface area contributed by atoms with Gasteiger partial charge >= 0.3 is 5.97 Å². The van der Waals surface area contributed by atoms with Crippen molar-refractivity contribution in [3.8, 4) is 0 Å². The first kappa shape index (κ1) is 28.4. The van der Waals surface area contributed by atoms with Gasteiger partial charge in [0, 0.05) is 18.3 Å². The Morgan fingerprint density at radius 3 is 2.15 bits per heavy atom. The van der Waals surface area contributed by atoms with E-state index in [1.165, 1.54) is 38.1 Å². The van der Waals surface area contributed by atoms with Crippen molar-refractivity contribution in [2.75, 3.05) is 12.0 Å². The third-order valence-electron chi connectivity index (χ3n) is 4.68. The van der Waals surface area contributed by atoms with Crippen molar-refractivity contribution in [1.29, 1.82) is 0 Å². The minimum absolute atomic E-state index is 0.164. The van der Waals surface area contributed by atoms with Crippen molar-refractivity contribution in [3.63, 3.8) is 0 Å². The average molecular weight is 489 g/mol. The SMILES string of the molecule is CSCCC(NC(=O)C(N)Cc1cnc[nH]1)C(=O)NC(C(=O)NC(C(=O)O)C(C)O)C(C)O. The number of carbonyl (C=O) groups excluding carboxylic acids is 3. The Kier molecular flexibility index (Phi) is 11.8. The molecule has 0 aliphatic heterocycles. The lowest BCUT2D eigenvalue weighted by Gasteiger charge is -2.27. The summed E-state index contributed by atoms with van der Waals surface area (Å²) in [7, 11) is 0. The number of hydrogen-bond acceptors (Lipinski definition) is 9. The van der Waals surface area contributed by atoms with Crippen molar-refractivity contribution in [2.24, 2.45) is 5.73 Å². The van der Waals surface area contributed by atoms with Gasteiger partial charge in [0.15, 0.2) is 6.04 Å². The van der Waals surface area contributed by atoms with Crippen LogP contribution in [0, 0.1) is 0 Å². The molecule has 0 saturated heterocycles. The summed E-state index contributed by atoms with van der Waals surface area (Å²) in [6.45, 7) is 2.41. The summed E-state index contributed by atoms with van der Waals surface area (Å²) < 4.78 is 0. The summed E-state index contributed by atoms with van der Waals surface area (Å²) in [6, 6.07) is -5.18. The summed E-state index contributed by atoms with van der Waals surface area (Å²) >= 11 is 1.44. The van der Waals surface area contributed by atoms with E-state index in [1.807, 2.05) is 6.26 Å². The van der Waals surface area contributed by atoms with E-state index in [0.717, 1.165) is 0 Å². The van der Waals surface area contributed by atoms with Gasteiger partial charge in [0.25, 0.3) is 0 Å². The molecule has 0 spiro atoms. The number of amides is 3. The zero-order valence-corrected chi connectivity index (χ0v) is 19.5. The van der Waals surface area contributed by atoms with Crippen LogP contribution in [0.1, 0.15) is 26.0 Å². The third kappa shape index (κ3) is 9.37. The van der Waals surface area contributed by atoms with E-state index in [9.17, 15) is 29.4 Å². The van der Waals surface area contributed by atoms with Gasteiger partial charge in [0.05, 0.1) is 24.6 Å². The maximum Gasteiger partial charge on any atom is 0.328 e. The number of aliphatic hydroxyl groups is 2. The Morgan fingerprint density at radius 1 is 1.06 bits per heavy atom. The molecule has 0 bridgehead atoms. The Bertz CT molecular complexity index is 790. The molecule has 0 saturated carbocycles. The molecule has 6 atom stereocenters. The Hall–Kier alpha value is -2.68. The highest BCUT2D eigenvalue weighted by atomic mass is 32.2. The highest BCUT2D eigenvalue weighted by Crippen LogP contribution is 2.05. The van der Waals surface area contributed by atoms with Crippen LogP contribution in [-0.2, 0) is 25.6 Å². The second-order valence-electron chi connectivity index (χ2n) is 7.52. The number of nitrogens with zero attached hydrogens (tertiary/aromatic N) is 1. The molecule has 6 unspecified atom stereocenters. The van der Waals surface area contributed by atoms with Crippen LogP contribution in [0.2, 0.25) is 0 Å². The minimum Gasteiger partial charge on any atom is -0.480 e. The van der Waals surface area contributed by atoms with Crippen molar-refractivity contribution in [3.05, 3.63) is 18.2 Å². The molecule has 0 aliphatic rings. The zero-order valence-electron chi connectivity index (χ0n) is 18.6. The number of aromatic amines is 1. The summed E-state index contributed by atoms with van der Waals surface area (Å²) in [5.41, 5.74) is 6.55. The zero-order chi connectivity index (χ0) is 25.1. The molecule has 14 heteroatoms. The number of H-pyrrole nitrogens is 1. The van der Waals surface area contributed by atoms with Crippen LogP contribution in [0.25, 0.3) is 0 Å². The molecule has 9 N–H and O–H groups in total. The Balaban J connectivity index is 2.88. The van der Waals surface area contributed by atoms with E-state index in [2.05, 4.69) is 25.9 Å². The number of carboxylic acids is 1. The van der Waals surface area contributed by atoms with Crippen LogP contribution < -0.4 is 21.7 Å². The molecular weight excluding hydrogens is 456 g/mol. The van der Waals surface area contributed by atoms with Crippen LogP contribution in [0.3, 0.4) is 0 Å². The van der Waals surface area contributed by atoms with E-state index in [4.69, 9.17) is 10.8 Å². The predicted molar refractivity (Wildman–Crippen MR) is 120 cm³/mol. The number of hydrogen-bond donors (Lipinski definition) is 8. The topological polar surface area (TPSA) is 220 Å². The van der Waals surface area contributed by atoms with Gasteiger partial charge in [-0.2, -0.15) is 11.8 Å². The molecule has 0 aromatic carbocycles. The fourth-order valence-electron chi connectivity index (χ4n) is 2.80. The van der Waals surface area contributed by atoms with Gasteiger partial charge in [0.1, 0.15) is 12.1 Å². The van der Waals surface area contributed by atoms with Gasteiger partial charge < -0.3 is 42.0 Å². The van der Waals surface area contributed by atoms with Crippen LogP contribution in [0.4, 0.5) is 0 Å². The van der Waals surface area contributed by atoms with Gasteiger partial charge in [-0.25, -0.2) is 9.78 Å². The molecular formula is C19H32N6O7S. The number of aliphatic hydroxyl groups excluding tert-OH is 2. The Morgan fingerprint density at radius 2 is 1.67 bits per heavy atom. The van der Waals surface area contributed by atoms with Gasteiger partial charge in [-0.05, 0) is 32.3 Å². The fraction of sp³-hybridized carbons (Fsp3) is 0.632. The van der Waals surface area contributed by atoms with Gasteiger partial charge in [-0.1, -0.05) is 0 Å². The Labute approximate surface area is 195 Å². The normalized spacial score (nSPS) is 16.5. The van der Waals surface area contributed by atoms with Crippen LogP contribution in [-0.4, -0.2) is 97.4 Å². The second-order valence-corrected chi connectivity index (χ2v) is 8.51. The minimum atomic E-state index is -1.64. The van der Waals surface area contributed by atoms with Crippen molar-refractivity contribution < 1.29 is 34.5 Å². The van der Waals surface area contributed by atoms with Crippen molar-refractivity contribution >= 4 is 35.5 Å². The monoisotopic (exact) mass is 488 g/mol. The number of carbonyl (C=O) groups is 4. The van der Waals surface area contributed by atoms with Gasteiger partial charge in [0.2, 0.25) is 17.7 Å². The number of thioether (sulfide) groups is 1. The standard InChI is InChI=1S/C19H32N6O7S/c1-9(26)14(18(30)25-15(10(2)27)19(31)32)24-17(29)13(4-5-33-3)23-16(28)12(20)6-11-7-21-8-22-11/h7-10,12-15,26-27H,4-6,20H2,1-3H3,(H,21,22)(H,23,28)(H,24,29)(H,25,30)(H,31,32). The molecule has 186 valence electrons. The van der Waals surface area contributed by atoms with Crippen LogP contribution in [0.15, 0.2) is 12.5 Å². The van der Waals surface area contributed by atoms with E-state index >= 15 is 0 Å². The lowest BCUT2D eigenvalue weighted by molar-refractivity contribution is -0.146. The molecule has 13 nitrogen and oxygen atoms in total. The maximum absolute atomic E-state index is 12.8. The number of nitrogens with one attached hydrogen (secondary N) is 4. The first-order chi connectivity index (χ1) is 15.5. The summed E-state index contributed by atoms with van der Waals surface area (Å²) in [5.74, 6) is -3.33. The average Bonchev–Trinajstić information content (AvgIpc) is 3.24. The number of aromatic nitrogens is 2. The fourth-order valence-corrected chi connectivity index (χ4v) is 3.27. The number of nitrogens with two attached hydrogens (primary N) is 1. The molecule has 1 heterocycles. The molecule has 1 aromatic heterocycles. The van der Waals surface area contributed by atoms with Crippen molar-refractivity contribution in [1.82, 2.24) is 25.9 Å². The maximum atomic E-state index is 12.8. The molecule has 0 fully saturated rings. The third-order valence-corrected chi connectivity index (χ3v) is 5.33. The number of aliphatic carboxylic acids is 1. The highest BCUT2D eigenvalue weighted by molar-refractivity contribution is 7.98. The summed E-state index contributed by atoms with van der Waals surface area (Å²) in [4.78, 5) is 55.8. The molecule has 0 radical (unpaired) electrons. The first-order valence-corrected chi connectivity index (χ1v) is 11.6. The molecule has 33 heavy (non-hydrogen) atoms. The quantitative estimate of drug-likeness (QED) is 0.136. The predicted octanol–water partition coefficient (Wildman–Crippen LogP) is -2.67. The van der Waals surface area contributed by atoms with E-state index in [0.29, 0.717) is 11.4 Å². The largest absolute Gasteiger partial charge is 0.480 e. The summed E-state index contributed by atoms with van der Waals surface area (Å²) in [5, 5.41) is 35.6. The van der Waals surface area contributed by atoms with Crippen LogP contribution >= 0.6 is 11.8 Å². The first-order valence-electron chi connectivity index (χ1n) is 10.2. The smallest absolute Gasteiger partial charge is 0.328 e. The van der Waals surface area contributed by atoms with Crippen LogP contribution in [0.5, 0.6) is 0 Å². The van der Waals surface area contributed by atoms with Gasteiger partial charge in [-0.3, -0.25) is 14.4 Å². The molecule has 0 aliphatic carbocycles. The molecule has 3 amide bonds.